The van der Waals surface area contributed by atoms with Crippen LogP contribution in [0.1, 0.15) is 38.3 Å². The average Bonchev–Trinajstić information content (AvgIpc) is 2.78. The van der Waals surface area contributed by atoms with E-state index in [9.17, 15) is 0 Å². The van der Waals surface area contributed by atoms with Gasteiger partial charge in [0, 0.05) is 30.7 Å². The second-order valence-corrected chi connectivity index (χ2v) is 5.41. The van der Waals surface area contributed by atoms with Crippen LogP contribution in [0.15, 0.2) is 12.4 Å². The number of alkyl halides is 1. The molecule has 0 amide bonds. The maximum absolute atomic E-state index is 5.80. The minimum atomic E-state index is 0.456. The van der Waals surface area contributed by atoms with E-state index in [0.717, 1.165) is 42.8 Å². The molecule has 3 nitrogen and oxygen atoms in total. The number of hydrogen-bond donors (Lipinski definition) is 0. The summed E-state index contributed by atoms with van der Waals surface area (Å²) in [7, 11) is 0. The molecule has 1 aromatic rings. The van der Waals surface area contributed by atoms with Crippen LogP contribution in [0.4, 0.5) is 5.82 Å². The molecule has 2 heterocycles. The lowest BCUT2D eigenvalue weighted by atomic mass is 10.1. The van der Waals surface area contributed by atoms with Crippen molar-refractivity contribution in [1.82, 2.24) is 9.97 Å². The third kappa shape index (κ3) is 3.09. The van der Waals surface area contributed by atoms with E-state index in [0.29, 0.717) is 5.92 Å². The number of anilines is 1. The third-order valence-corrected chi connectivity index (χ3v) is 3.61. The Hall–Kier alpha value is -0.830. The van der Waals surface area contributed by atoms with Crippen molar-refractivity contribution < 1.29 is 0 Å². The zero-order chi connectivity index (χ0) is 12.3. The molecule has 1 aromatic heterocycles. The molecule has 1 fully saturated rings. The van der Waals surface area contributed by atoms with Gasteiger partial charge in [0.2, 0.25) is 0 Å². The third-order valence-electron chi connectivity index (χ3n) is 3.39. The lowest BCUT2D eigenvalue weighted by Gasteiger charge is -2.18. The monoisotopic (exact) mass is 253 g/mol. The van der Waals surface area contributed by atoms with Crippen molar-refractivity contribution in [1.29, 1.82) is 0 Å². The highest BCUT2D eigenvalue weighted by Crippen LogP contribution is 2.25. The molecule has 0 bridgehead atoms. The zero-order valence-electron chi connectivity index (χ0n) is 10.6. The van der Waals surface area contributed by atoms with Crippen LogP contribution < -0.4 is 4.90 Å². The summed E-state index contributed by atoms with van der Waals surface area (Å²) < 4.78 is 0. The van der Waals surface area contributed by atoms with Gasteiger partial charge in [-0.05, 0) is 24.7 Å². The molecule has 1 saturated heterocycles. The quantitative estimate of drug-likeness (QED) is 0.773. The van der Waals surface area contributed by atoms with Crippen molar-refractivity contribution in [2.24, 2.45) is 5.92 Å². The molecule has 1 unspecified atom stereocenters. The minimum Gasteiger partial charge on any atom is -0.356 e. The van der Waals surface area contributed by atoms with Crippen LogP contribution >= 0.6 is 11.6 Å². The average molecular weight is 254 g/mol. The Morgan fingerprint density at radius 1 is 1.47 bits per heavy atom. The summed E-state index contributed by atoms with van der Waals surface area (Å²) in [6, 6.07) is 2.12. The fraction of sp³-hybridized carbons (Fsp3) is 0.692. The first-order valence-corrected chi connectivity index (χ1v) is 6.87. The van der Waals surface area contributed by atoms with Gasteiger partial charge in [-0.25, -0.2) is 9.97 Å². The Balaban J connectivity index is 2.05. The van der Waals surface area contributed by atoms with Crippen molar-refractivity contribution in [3.05, 3.63) is 18.1 Å². The second-order valence-electron chi connectivity index (χ2n) is 5.03. The van der Waals surface area contributed by atoms with Crippen LogP contribution in [-0.4, -0.2) is 28.9 Å². The van der Waals surface area contributed by atoms with Crippen molar-refractivity contribution >= 4 is 17.4 Å². The second kappa shape index (κ2) is 5.67. The highest BCUT2D eigenvalue weighted by Gasteiger charge is 2.23. The van der Waals surface area contributed by atoms with Crippen molar-refractivity contribution in [2.45, 2.75) is 32.6 Å². The smallest absolute Gasteiger partial charge is 0.132 e. The van der Waals surface area contributed by atoms with Crippen LogP contribution in [-0.2, 0) is 0 Å². The van der Waals surface area contributed by atoms with E-state index in [-0.39, 0.29) is 0 Å². The molecule has 0 saturated carbocycles. The Kier molecular flexibility index (Phi) is 4.21. The molecule has 94 valence electrons. The molecular formula is C13H20ClN3. The summed E-state index contributed by atoms with van der Waals surface area (Å²) >= 11 is 5.80. The highest BCUT2D eigenvalue weighted by molar-refractivity contribution is 6.17. The molecule has 2 rings (SSSR count). The maximum atomic E-state index is 5.80. The van der Waals surface area contributed by atoms with Crippen molar-refractivity contribution in [3.63, 3.8) is 0 Å². The summed E-state index contributed by atoms with van der Waals surface area (Å²) in [6.45, 7) is 6.50. The van der Waals surface area contributed by atoms with Gasteiger partial charge >= 0.3 is 0 Å². The summed E-state index contributed by atoms with van der Waals surface area (Å²) in [4.78, 5) is 11.0. The molecule has 0 spiro atoms. The number of hydrogen-bond acceptors (Lipinski definition) is 3. The molecule has 0 radical (unpaired) electrons. The fourth-order valence-corrected chi connectivity index (χ4v) is 2.59. The number of nitrogens with zero attached hydrogens (tertiary/aromatic N) is 3. The molecule has 0 aliphatic carbocycles. The van der Waals surface area contributed by atoms with Gasteiger partial charge in [0.15, 0.2) is 0 Å². The first-order chi connectivity index (χ1) is 8.20. The number of aromatic nitrogens is 2. The summed E-state index contributed by atoms with van der Waals surface area (Å²) in [5, 5.41) is 0. The van der Waals surface area contributed by atoms with E-state index >= 15 is 0 Å². The molecule has 1 aliphatic heterocycles. The van der Waals surface area contributed by atoms with E-state index in [2.05, 4.69) is 34.8 Å². The van der Waals surface area contributed by atoms with E-state index in [1.54, 1.807) is 6.33 Å². The van der Waals surface area contributed by atoms with E-state index in [1.807, 2.05) is 0 Å². The molecule has 0 N–H and O–H groups in total. The van der Waals surface area contributed by atoms with Crippen LogP contribution in [0, 0.1) is 5.92 Å². The summed E-state index contributed by atoms with van der Waals surface area (Å²) in [6.07, 6.45) is 4.02. The van der Waals surface area contributed by atoms with Gasteiger partial charge in [-0.3, -0.25) is 0 Å². The molecular weight excluding hydrogens is 234 g/mol. The lowest BCUT2D eigenvalue weighted by molar-refractivity contribution is 0.572. The van der Waals surface area contributed by atoms with Crippen molar-refractivity contribution in [2.75, 3.05) is 23.9 Å². The van der Waals surface area contributed by atoms with E-state index in [4.69, 9.17) is 11.6 Å². The molecule has 17 heavy (non-hydrogen) atoms. The maximum Gasteiger partial charge on any atom is 0.132 e. The molecule has 1 atom stereocenters. The highest BCUT2D eigenvalue weighted by atomic mass is 35.5. The largest absolute Gasteiger partial charge is 0.356 e. The van der Waals surface area contributed by atoms with Gasteiger partial charge < -0.3 is 4.90 Å². The predicted molar refractivity (Wildman–Crippen MR) is 71.8 cm³/mol. The SMILES string of the molecule is CC(C)c1cc(N2CCC(CCCl)C2)ncn1. The Labute approximate surface area is 108 Å². The zero-order valence-corrected chi connectivity index (χ0v) is 11.3. The first-order valence-electron chi connectivity index (χ1n) is 6.33. The predicted octanol–water partition coefficient (Wildman–Crippen LogP) is 3.06. The summed E-state index contributed by atoms with van der Waals surface area (Å²) in [5.74, 6) is 3.02. The number of halogens is 1. The molecule has 0 aromatic carbocycles. The van der Waals surface area contributed by atoms with E-state index < -0.39 is 0 Å². The molecule has 4 heteroatoms. The van der Waals surface area contributed by atoms with E-state index in [1.165, 1.54) is 6.42 Å². The Morgan fingerprint density at radius 2 is 2.29 bits per heavy atom. The Morgan fingerprint density at radius 3 is 3.00 bits per heavy atom. The minimum absolute atomic E-state index is 0.456. The normalized spacial score (nSPS) is 20.2. The topological polar surface area (TPSA) is 29.0 Å². The van der Waals surface area contributed by atoms with Crippen LogP contribution in [0.3, 0.4) is 0 Å². The van der Waals surface area contributed by atoms with Gasteiger partial charge in [-0.2, -0.15) is 0 Å². The van der Waals surface area contributed by atoms with Gasteiger partial charge in [0.05, 0.1) is 0 Å². The van der Waals surface area contributed by atoms with Crippen molar-refractivity contribution in [3.8, 4) is 0 Å². The Bertz CT molecular complexity index is 367. The van der Waals surface area contributed by atoms with Gasteiger partial charge in [0.1, 0.15) is 12.1 Å². The summed E-state index contributed by atoms with van der Waals surface area (Å²) in [5.41, 5.74) is 1.12. The molecule has 1 aliphatic rings. The van der Waals surface area contributed by atoms with Gasteiger partial charge in [0.25, 0.3) is 0 Å². The lowest BCUT2D eigenvalue weighted by Crippen LogP contribution is -2.21. The van der Waals surface area contributed by atoms with Crippen LogP contribution in [0.2, 0.25) is 0 Å². The van der Waals surface area contributed by atoms with Gasteiger partial charge in [-0.15, -0.1) is 11.6 Å². The standard InChI is InChI=1S/C13H20ClN3/c1-10(2)12-7-13(16-9-15-12)17-6-4-11(8-17)3-5-14/h7,9-11H,3-6,8H2,1-2H3. The number of rotatable bonds is 4. The fourth-order valence-electron chi connectivity index (χ4n) is 2.28. The van der Waals surface area contributed by atoms with Crippen LogP contribution in [0.5, 0.6) is 0 Å². The van der Waals surface area contributed by atoms with Crippen LogP contribution in [0.25, 0.3) is 0 Å². The first kappa shape index (κ1) is 12.6. The van der Waals surface area contributed by atoms with Gasteiger partial charge in [-0.1, -0.05) is 13.8 Å².